The number of carbonyl (C=O) groups excluding carboxylic acids is 2. The minimum absolute atomic E-state index is 0.0955. The van der Waals surface area contributed by atoms with E-state index in [1.807, 2.05) is 13.0 Å². The molecule has 2 aromatic carbocycles. The lowest BCUT2D eigenvalue weighted by Crippen LogP contribution is -2.36. The first kappa shape index (κ1) is 25.4. The number of nitrogens with one attached hydrogen (secondary N) is 3. The summed E-state index contributed by atoms with van der Waals surface area (Å²) < 4.78 is 7.95. The molecular formula is C29H29N7O4. The van der Waals surface area contributed by atoms with Gasteiger partial charge >= 0.3 is 0 Å². The third kappa shape index (κ3) is 4.49. The molecule has 5 N–H and O–H groups in total. The van der Waals surface area contributed by atoms with E-state index in [0.29, 0.717) is 39.4 Å². The van der Waals surface area contributed by atoms with Crippen molar-refractivity contribution < 1.29 is 14.0 Å². The lowest BCUT2D eigenvalue weighted by molar-refractivity contribution is -0.114. The molecule has 11 heteroatoms. The summed E-state index contributed by atoms with van der Waals surface area (Å²) in [7, 11) is 0. The summed E-state index contributed by atoms with van der Waals surface area (Å²) in [6.07, 6.45) is 5.46. The van der Waals surface area contributed by atoms with Gasteiger partial charge in [0, 0.05) is 35.2 Å². The van der Waals surface area contributed by atoms with Crippen molar-refractivity contribution in [1.29, 1.82) is 0 Å². The number of carbonyl (C=O) groups is 2. The Hall–Kier alpha value is -4.93. The molecule has 2 amide bonds. The number of aromatic nitrogens is 4. The molecule has 40 heavy (non-hydrogen) atoms. The van der Waals surface area contributed by atoms with Crippen LogP contribution in [0, 0.1) is 6.92 Å². The van der Waals surface area contributed by atoms with Gasteiger partial charge in [0.05, 0.1) is 11.1 Å². The number of amides is 2. The van der Waals surface area contributed by atoms with Crippen molar-refractivity contribution in [2.24, 2.45) is 0 Å². The summed E-state index contributed by atoms with van der Waals surface area (Å²) in [6, 6.07) is 12.6. The van der Waals surface area contributed by atoms with Crippen LogP contribution in [0.25, 0.3) is 39.0 Å². The largest absolute Gasteiger partial charge is 0.454 e. The molecule has 3 aromatic heterocycles. The summed E-state index contributed by atoms with van der Waals surface area (Å²) in [6.45, 7) is 3.34. The summed E-state index contributed by atoms with van der Waals surface area (Å²) >= 11 is 0. The molecule has 5 aromatic rings. The molecule has 0 spiro atoms. The molecule has 1 aliphatic rings. The number of hydrogen-bond acceptors (Lipinski definition) is 7. The van der Waals surface area contributed by atoms with E-state index in [9.17, 15) is 14.4 Å². The summed E-state index contributed by atoms with van der Waals surface area (Å²) in [5.74, 6) is 0.234. The van der Waals surface area contributed by atoms with Gasteiger partial charge in [0.1, 0.15) is 11.3 Å². The number of anilines is 2. The number of H-pyrrole nitrogens is 1. The van der Waals surface area contributed by atoms with Crippen LogP contribution < -0.4 is 21.9 Å². The first-order valence-electron chi connectivity index (χ1n) is 13.3. The number of rotatable bonds is 5. The highest BCUT2D eigenvalue weighted by molar-refractivity contribution is 6.03. The second kappa shape index (κ2) is 9.99. The van der Waals surface area contributed by atoms with Gasteiger partial charge in [-0.15, -0.1) is 0 Å². The molecular weight excluding hydrogens is 510 g/mol. The zero-order valence-electron chi connectivity index (χ0n) is 22.2. The van der Waals surface area contributed by atoms with Gasteiger partial charge in [0.2, 0.25) is 5.91 Å². The van der Waals surface area contributed by atoms with Gasteiger partial charge in [-0.25, -0.2) is 9.78 Å². The molecule has 1 saturated carbocycles. The predicted molar refractivity (Wildman–Crippen MR) is 152 cm³/mol. The van der Waals surface area contributed by atoms with E-state index in [1.165, 1.54) is 13.3 Å². The van der Waals surface area contributed by atoms with Crippen molar-refractivity contribution in [2.45, 2.75) is 52.0 Å². The van der Waals surface area contributed by atoms with Crippen molar-refractivity contribution >= 4 is 45.2 Å². The highest BCUT2D eigenvalue weighted by atomic mass is 16.3. The number of nitrogen functional groups attached to an aromatic ring is 1. The third-order valence-corrected chi connectivity index (χ3v) is 7.42. The van der Waals surface area contributed by atoms with Crippen LogP contribution in [0.3, 0.4) is 0 Å². The van der Waals surface area contributed by atoms with E-state index >= 15 is 0 Å². The molecule has 3 heterocycles. The fraction of sp³-hybridized carbons (Fsp3) is 0.276. The highest BCUT2D eigenvalue weighted by Gasteiger charge is 2.26. The average Bonchev–Trinajstić information content (AvgIpc) is 3.50. The Morgan fingerprint density at radius 1 is 1.10 bits per heavy atom. The van der Waals surface area contributed by atoms with Crippen LogP contribution >= 0.6 is 0 Å². The quantitative estimate of drug-likeness (QED) is 0.257. The van der Waals surface area contributed by atoms with Crippen LogP contribution in [-0.2, 0) is 4.79 Å². The van der Waals surface area contributed by atoms with Crippen molar-refractivity contribution in [3.05, 3.63) is 63.9 Å². The van der Waals surface area contributed by atoms with E-state index in [-0.39, 0.29) is 29.2 Å². The summed E-state index contributed by atoms with van der Waals surface area (Å²) in [5, 5.41) is 18.0. The fourth-order valence-electron chi connectivity index (χ4n) is 5.43. The second-order valence-electron chi connectivity index (χ2n) is 10.2. The number of hydrogen-bond donors (Lipinski definition) is 4. The SMILES string of the molecule is CC(=O)Nc1ccc(-n2nc3c(=O)[nH]nc(N)c3c2-c2oc3cc(C(=O)NC4CCCCC4)ccc3c2C)cc1. The zero-order chi connectivity index (χ0) is 28.0. The number of aryl methyl sites for hydroxylation is 1. The van der Waals surface area contributed by atoms with E-state index in [1.54, 1.807) is 41.1 Å². The normalized spacial score (nSPS) is 14.1. The average molecular weight is 540 g/mol. The fourth-order valence-corrected chi connectivity index (χ4v) is 5.43. The van der Waals surface area contributed by atoms with Gasteiger partial charge in [-0.2, -0.15) is 10.2 Å². The number of benzene rings is 2. The van der Waals surface area contributed by atoms with Gasteiger partial charge in [-0.3, -0.25) is 14.4 Å². The zero-order valence-corrected chi connectivity index (χ0v) is 22.2. The van der Waals surface area contributed by atoms with E-state index in [4.69, 9.17) is 10.2 Å². The van der Waals surface area contributed by atoms with Gasteiger partial charge in [-0.05, 0) is 56.2 Å². The third-order valence-electron chi connectivity index (χ3n) is 7.42. The van der Waals surface area contributed by atoms with Gasteiger partial charge < -0.3 is 20.8 Å². The molecule has 0 radical (unpaired) electrons. The van der Waals surface area contributed by atoms with Crippen LogP contribution in [0.5, 0.6) is 0 Å². The first-order valence-corrected chi connectivity index (χ1v) is 13.3. The molecule has 0 unspecified atom stereocenters. The molecule has 11 nitrogen and oxygen atoms in total. The van der Waals surface area contributed by atoms with E-state index < -0.39 is 5.56 Å². The lowest BCUT2D eigenvalue weighted by atomic mass is 9.95. The van der Waals surface area contributed by atoms with Gasteiger partial charge in [0.25, 0.3) is 11.5 Å². The first-order chi connectivity index (χ1) is 19.3. The Morgan fingerprint density at radius 2 is 1.85 bits per heavy atom. The second-order valence-corrected chi connectivity index (χ2v) is 10.2. The Balaban J connectivity index is 1.47. The minimum atomic E-state index is -0.491. The van der Waals surface area contributed by atoms with Crippen LogP contribution in [0.2, 0.25) is 0 Å². The van der Waals surface area contributed by atoms with Crippen LogP contribution in [0.4, 0.5) is 11.5 Å². The maximum absolute atomic E-state index is 13.0. The van der Waals surface area contributed by atoms with Crippen LogP contribution in [-0.4, -0.2) is 37.8 Å². The smallest absolute Gasteiger partial charge is 0.292 e. The highest BCUT2D eigenvalue weighted by Crippen LogP contribution is 2.39. The number of aromatic amines is 1. The maximum Gasteiger partial charge on any atom is 0.292 e. The Morgan fingerprint density at radius 3 is 2.58 bits per heavy atom. The summed E-state index contributed by atoms with van der Waals surface area (Å²) in [5.41, 5.74) is 9.41. The molecule has 1 fully saturated rings. The number of fused-ring (bicyclic) bond motifs is 2. The van der Waals surface area contributed by atoms with E-state index in [0.717, 1.165) is 36.6 Å². The molecule has 1 aliphatic carbocycles. The topological polar surface area (TPSA) is 161 Å². The number of nitrogens with zero attached hydrogens (tertiary/aromatic N) is 3. The number of furan rings is 1. The molecule has 0 aliphatic heterocycles. The Kier molecular flexibility index (Phi) is 6.33. The predicted octanol–water partition coefficient (Wildman–Crippen LogP) is 4.43. The summed E-state index contributed by atoms with van der Waals surface area (Å²) in [4.78, 5) is 37.2. The Labute approximate surface area is 228 Å². The Bertz CT molecular complexity index is 1830. The van der Waals surface area contributed by atoms with Crippen molar-refractivity contribution in [2.75, 3.05) is 11.1 Å². The van der Waals surface area contributed by atoms with Crippen LogP contribution in [0.15, 0.2) is 51.7 Å². The molecule has 0 bridgehead atoms. The van der Waals surface area contributed by atoms with Gasteiger partial charge in [0.15, 0.2) is 17.1 Å². The lowest BCUT2D eigenvalue weighted by Gasteiger charge is -2.22. The van der Waals surface area contributed by atoms with Crippen molar-refractivity contribution in [1.82, 2.24) is 25.3 Å². The van der Waals surface area contributed by atoms with E-state index in [2.05, 4.69) is 25.9 Å². The maximum atomic E-state index is 13.0. The van der Waals surface area contributed by atoms with Crippen LogP contribution in [0.1, 0.15) is 54.9 Å². The molecule has 0 atom stereocenters. The van der Waals surface area contributed by atoms with Crippen molar-refractivity contribution in [3.63, 3.8) is 0 Å². The standard InChI is InChI=1S/C29H29N7O4/c1-15-21-13-8-17(28(38)32-18-6-4-3-5-7-18)14-22(21)40-26(15)25-23-24(29(39)34-33-27(23)30)35-36(25)20-11-9-19(10-12-20)31-16(2)37/h8-14,18H,3-7H2,1-2H3,(H2,30,33)(H,31,37)(H,32,38)(H,34,39). The molecule has 0 saturated heterocycles. The monoisotopic (exact) mass is 539 g/mol. The minimum Gasteiger partial charge on any atom is -0.454 e. The number of nitrogens with two attached hydrogens (primary N) is 1. The van der Waals surface area contributed by atoms with Gasteiger partial charge in [-0.1, -0.05) is 25.3 Å². The molecule has 204 valence electrons. The van der Waals surface area contributed by atoms with Crippen molar-refractivity contribution in [3.8, 4) is 17.1 Å². The molecule has 6 rings (SSSR count).